The molecule has 3 heteroatoms. The van der Waals surface area contributed by atoms with Gasteiger partial charge >= 0.3 is 0 Å². The first-order valence-corrected chi connectivity index (χ1v) is 18.0. The highest BCUT2D eigenvalue weighted by atomic mass is 15.1. The molecule has 0 saturated carbocycles. The molecular weight excluding hydrogens is 631 g/mol. The molecule has 2 aromatic heterocycles. The zero-order valence-corrected chi connectivity index (χ0v) is 28.5. The fourth-order valence-corrected chi connectivity index (χ4v) is 8.49. The van der Waals surface area contributed by atoms with Gasteiger partial charge in [-0.25, -0.2) is 4.98 Å². The number of para-hydroxylation sites is 4. The molecule has 0 atom stereocenters. The lowest BCUT2D eigenvalue weighted by Crippen LogP contribution is -2.08. The van der Waals surface area contributed by atoms with Crippen molar-refractivity contribution in [2.24, 2.45) is 0 Å². The van der Waals surface area contributed by atoms with Gasteiger partial charge in [0.1, 0.15) is 5.82 Å². The van der Waals surface area contributed by atoms with E-state index in [1.807, 2.05) is 0 Å². The molecular formula is C49H33N3. The molecule has 2 heterocycles. The van der Waals surface area contributed by atoms with Crippen molar-refractivity contribution in [1.82, 2.24) is 14.1 Å². The van der Waals surface area contributed by atoms with Crippen LogP contribution in [0.2, 0.25) is 0 Å². The normalized spacial score (nSPS) is 12.5. The summed E-state index contributed by atoms with van der Waals surface area (Å²) in [6, 6.07) is 64.1. The molecule has 244 valence electrons. The molecule has 11 rings (SSSR count). The highest BCUT2D eigenvalue weighted by molar-refractivity contribution is 6.09. The Labute approximate surface area is 301 Å². The Balaban J connectivity index is 0.954. The van der Waals surface area contributed by atoms with Gasteiger partial charge in [-0.3, -0.25) is 4.57 Å². The largest absolute Gasteiger partial charge is 0.309 e. The first kappa shape index (κ1) is 29.1. The maximum atomic E-state index is 5.06. The van der Waals surface area contributed by atoms with Gasteiger partial charge in [0.2, 0.25) is 0 Å². The highest BCUT2D eigenvalue weighted by Gasteiger charge is 2.20. The topological polar surface area (TPSA) is 22.8 Å². The Hall–Kier alpha value is -6.71. The number of hydrogen-bond acceptors (Lipinski definition) is 1. The van der Waals surface area contributed by atoms with Crippen LogP contribution in [-0.4, -0.2) is 14.1 Å². The standard InChI is InChI=1S/C49H33N3/c1-2-11-32(12-3-1)49-50-45-17-6-9-20-48(45)52(49)41-14-10-13-33(30-41)34-21-22-35-26-39-29-40-31-42(24-23-36(40)27-38(39)28-37(35)25-34)51-46-18-7-4-15-43(46)44-16-5-8-19-47(44)51/h1-26,28,30-31H,27,29H2. The van der Waals surface area contributed by atoms with E-state index in [-0.39, 0.29) is 0 Å². The molecule has 0 radical (unpaired) electrons. The van der Waals surface area contributed by atoms with Crippen molar-refractivity contribution in [2.45, 2.75) is 12.8 Å². The van der Waals surface area contributed by atoms with Crippen molar-refractivity contribution < 1.29 is 0 Å². The first-order valence-electron chi connectivity index (χ1n) is 18.0. The van der Waals surface area contributed by atoms with Crippen molar-refractivity contribution in [3.63, 3.8) is 0 Å². The Morgan fingerprint density at radius 2 is 0.981 bits per heavy atom. The van der Waals surface area contributed by atoms with E-state index in [1.165, 1.54) is 71.6 Å². The quantitative estimate of drug-likeness (QED) is 0.184. The summed E-state index contributed by atoms with van der Waals surface area (Å²) in [5.74, 6) is 0.951. The fourth-order valence-electron chi connectivity index (χ4n) is 8.49. The molecule has 0 spiro atoms. The molecule has 1 aliphatic rings. The highest BCUT2D eigenvalue weighted by Crippen LogP contribution is 2.37. The van der Waals surface area contributed by atoms with E-state index in [0.717, 1.165) is 41.0 Å². The third-order valence-corrected chi connectivity index (χ3v) is 11.0. The SMILES string of the molecule is c1ccc(-c2nc3ccccc3n2-c2cccc(-c3ccc4cc5c(cc4c3)Cc3ccc(-n4c6ccccc6c6ccccc64)cc3C5)c2)cc1. The Kier molecular flexibility index (Phi) is 6.38. The zero-order chi connectivity index (χ0) is 34.2. The van der Waals surface area contributed by atoms with Gasteiger partial charge in [0.15, 0.2) is 0 Å². The van der Waals surface area contributed by atoms with Crippen LogP contribution in [0.5, 0.6) is 0 Å². The van der Waals surface area contributed by atoms with E-state index in [1.54, 1.807) is 0 Å². The smallest absolute Gasteiger partial charge is 0.145 e. The molecule has 0 fully saturated rings. The predicted molar refractivity (Wildman–Crippen MR) is 216 cm³/mol. The van der Waals surface area contributed by atoms with Crippen LogP contribution in [0.1, 0.15) is 22.3 Å². The first-order chi connectivity index (χ1) is 25.7. The van der Waals surface area contributed by atoms with Crippen LogP contribution in [0.15, 0.2) is 176 Å². The summed E-state index contributed by atoms with van der Waals surface area (Å²) in [6.45, 7) is 0. The molecule has 0 bridgehead atoms. The van der Waals surface area contributed by atoms with Crippen molar-refractivity contribution >= 4 is 43.6 Å². The lowest BCUT2D eigenvalue weighted by atomic mass is 9.84. The molecule has 0 amide bonds. The van der Waals surface area contributed by atoms with Crippen LogP contribution in [-0.2, 0) is 12.8 Å². The van der Waals surface area contributed by atoms with E-state index < -0.39 is 0 Å². The number of nitrogens with zero attached hydrogens (tertiary/aromatic N) is 3. The minimum absolute atomic E-state index is 0.942. The second-order valence-corrected chi connectivity index (χ2v) is 14.0. The molecule has 0 N–H and O–H groups in total. The van der Waals surface area contributed by atoms with E-state index in [9.17, 15) is 0 Å². The molecule has 10 aromatic rings. The predicted octanol–water partition coefficient (Wildman–Crippen LogP) is 12.1. The summed E-state index contributed by atoms with van der Waals surface area (Å²) in [6.07, 6.45) is 1.89. The number of imidazole rings is 1. The van der Waals surface area contributed by atoms with Crippen molar-refractivity contribution in [1.29, 1.82) is 0 Å². The van der Waals surface area contributed by atoms with Gasteiger partial charge in [0.25, 0.3) is 0 Å². The van der Waals surface area contributed by atoms with Gasteiger partial charge < -0.3 is 4.57 Å². The van der Waals surface area contributed by atoms with E-state index in [2.05, 4.69) is 185 Å². The number of aromatic nitrogens is 3. The Morgan fingerprint density at radius 1 is 0.365 bits per heavy atom. The Bertz CT molecular complexity index is 2960. The van der Waals surface area contributed by atoms with Crippen LogP contribution in [0.3, 0.4) is 0 Å². The van der Waals surface area contributed by atoms with Crippen molar-refractivity contribution in [2.75, 3.05) is 0 Å². The maximum absolute atomic E-state index is 5.06. The zero-order valence-electron chi connectivity index (χ0n) is 28.5. The van der Waals surface area contributed by atoms with Gasteiger partial charge in [0, 0.05) is 27.7 Å². The monoisotopic (exact) mass is 663 g/mol. The van der Waals surface area contributed by atoms with Crippen LogP contribution < -0.4 is 0 Å². The molecule has 1 aliphatic carbocycles. The summed E-state index contributed by atoms with van der Waals surface area (Å²) in [7, 11) is 0. The lowest BCUT2D eigenvalue weighted by molar-refractivity contribution is 0.997. The summed E-state index contributed by atoms with van der Waals surface area (Å²) in [5, 5.41) is 5.16. The summed E-state index contributed by atoms with van der Waals surface area (Å²) in [5.41, 5.74) is 16.1. The second-order valence-electron chi connectivity index (χ2n) is 14.0. The van der Waals surface area contributed by atoms with Crippen LogP contribution >= 0.6 is 0 Å². The summed E-state index contributed by atoms with van der Waals surface area (Å²) < 4.78 is 4.71. The van der Waals surface area contributed by atoms with Gasteiger partial charge in [-0.1, -0.05) is 121 Å². The van der Waals surface area contributed by atoms with Gasteiger partial charge in [-0.2, -0.15) is 0 Å². The van der Waals surface area contributed by atoms with E-state index in [0.29, 0.717) is 0 Å². The van der Waals surface area contributed by atoms with Crippen LogP contribution in [0, 0.1) is 0 Å². The Morgan fingerprint density at radius 3 is 1.79 bits per heavy atom. The van der Waals surface area contributed by atoms with E-state index in [4.69, 9.17) is 4.98 Å². The third kappa shape index (κ3) is 4.56. The molecule has 8 aromatic carbocycles. The second kappa shape index (κ2) is 11.4. The molecule has 0 aliphatic heterocycles. The van der Waals surface area contributed by atoms with Crippen LogP contribution in [0.4, 0.5) is 0 Å². The third-order valence-electron chi connectivity index (χ3n) is 11.0. The minimum Gasteiger partial charge on any atom is -0.309 e. The lowest BCUT2D eigenvalue weighted by Gasteiger charge is -2.22. The minimum atomic E-state index is 0.942. The number of hydrogen-bond donors (Lipinski definition) is 0. The number of rotatable bonds is 4. The fraction of sp³-hybridized carbons (Fsp3) is 0.0408. The average Bonchev–Trinajstić information content (AvgIpc) is 3.76. The van der Waals surface area contributed by atoms with E-state index >= 15 is 0 Å². The summed E-state index contributed by atoms with van der Waals surface area (Å²) in [4.78, 5) is 5.06. The number of benzene rings is 8. The summed E-state index contributed by atoms with van der Waals surface area (Å²) >= 11 is 0. The van der Waals surface area contributed by atoms with Gasteiger partial charge in [-0.15, -0.1) is 0 Å². The number of fused-ring (bicyclic) bond motifs is 7. The van der Waals surface area contributed by atoms with Crippen molar-refractivity contribution in [3.05, 3.63) is 198 Å². The van der Waals surface area contributed by atoms with Gasteiger partial charge in [-0.05, 0) is 112 Å². The van der Waals surface area contributed by atoms with Gasteiger partial charge in [0.05, 0.1) is 22.1 Å². The maximum Gasteiger partial charge on any atom is 0.145 e. The molecule has 3 nitrogen and oxygen atoms in total. The molecule has 52 heavy (non-hydrogen) atoms. The average molecular weight is 664 g/mol. The van der Waals surface area contributed by atoms with Crippen molar-refractivity contribution in [3.8, 4) is 33.9 Å². The molecule has 0 saturated heterocycles. The van der Waals surface area contributed by atoms with Crippen LogP contribution in [0.25, 0.3) is 77.5 Å². The molecule has 0 unspecified atom stereocenters.